The molecule has 1 aliphatic rings. The van der Waals surface area contributed by atoms with Gasteiger partial charge in [-0.05, 0) is 19.3 Å². The predicted molar refractivity (Wildman–Crippen MR) is 70.2 cm³/mol. The van der Waals surface area contributed by atoms with Crippen molar-refractivity contribution in [1.82, 2.24) is 0 Å². The van der Waals surface area contributed by atoms with Crippen LogP contribution >= 0.6 is 0 Å². The van der Waals surface area contributed by atoms with Gasteiger partial charge in [-0.3, -0.25) is 0 Å². The molecule has 1 heterocycles. The number of rotatable bonds is 6. The lowest BCUT2D eigenvalue weighted by molar-refractivity contribution is -0.179. The molecule has 1 fully saturated rings. The quantitative estimate of drug-likeness (QED) is 0.789. The normalized spacial score (nSPS) is 27.6. The number of hydrogen-bond donors (Lipinski definition) is 1. The van der Waals surface area contributed by atoms with Gasteiger partial charge < -0.3 is 14.6 Å². The van der Waals surface area contributed by atoms with Crippen LogP contribution in [0.5, 0.6) is 0 Å². The smallest absolute Gasteiger partial charge is 0.195 e. The van der Waals surface area contributed by atoms with Crippen LogP contribution in [-0.4, -0.2) is 24.4 Å². The second kappa shape index (κ2) is 6.32. The Morgan fingerprint density at radius 1 is 1.28 bits per heavy atom. The third-order valence-electron chi connectivity index (χ3n) is 3.47. The van der Waals surface area contributed by atoms with Crippen molar-refractivity contribution in [1.29, 1.82) is 0 Å². The van der Waals surface area contributed by atoms with E-state index in [1.807, 2.05) is 18.2 Å². The summed E-state index contributed by atoms with van der Waals surface area (Å²) in [5, 5.41) is 8.79. The third kappa shape index (κ3) is 2.91. The summed E-state index contributed by atoms with van der Waals surface area (Å²) >= 11 is 0. The van der Waals surface area contributed by atoms with Crippen LogP contribution < -0.4 is 0 Å². The standard InChI is InChI=1S/C15H22O3/c1-2-15(13-8-4-3-5-9-13)17-12-14(18-15)10-6-7-11-16/h3-5,8-9,14,16H,2,6-7,10-12H2,1H3/t14-,15-/m0/s1. The topological polar surface area (TPSA) is 38.7 Å². The van der Waals surface area contributed by atoms with E-state index in [9.17, 15) is 0 Å². The van der Waals surface area contributed by atoms with E-state index in [-0.39, 0.29) is 12.7 Å². The molecule has 0 aliphatic carbocycles. The summed E-state index contributed by atoms with van der Waals surface area (Å²) in [6.45, 7) is 2.99. The molecule has 0 amide bonds. The Hall–Kier alpha value is -0.900. The second-order valence-electron chi connectivity index (χ2n) is 4.74. The lowest BCUT2D eigenvalue weighted by Gasteiger charge is -2.27. The summed E-state index contributed by atoms with van der Waals surface area (Å²) in [5.41, 5.74) is 1.09. The molecule has 1 saturated heterocycles. The van der Waals surface area contributed by atoms with Gasteiger partial charge in [-0.1, -0.05) is 37.3 Å². The van der Waals surface area contributed by atoms with Gasteiger partial charge in [0, 0.05) is 18.6 Å². The summed E-state index contributed by atoms with van der Waals surface area (Å²) < 4.78 is 12.1. The van der Waals surface area contributed by atoms with Gasteiger partial charge in [0.05, 0.1) is 12.7 Å². The maximum atomic E-state index is 8.79. The molecule has 0 spiro atoms. The van der Waals surface area contributed by atoms with Crippen molar-refractivity contribution in [2.24, 2.45) is 0 Å². The molecule has 0 saturated carbocycles. The molecule has 1 aliphatic heterocycles. The summed E-state index contributed by atoms with van der Waals surface area (Å²) in [5.74, 6) is -0.564. The van der Waals surface area contributed by atoms with Gasteiger partial charge in [-0.2, -0.15) is 0 Å². The minimum Gasteiger partial charge on any atom is -0.396 e. The van der Waals surface area contributed by atoms with E-state index in [0.717, 1.165) is 31.2 Å². The number of benzene rings is 1. The van der Waals surface area contributed by atoms with Gasteiger partial charge in [0.2, 0.25) is 0 Å². The van der Waals surface area contributed by atoms with Crippen molar-refractivity contribution in [3.8, 4) is 0 Å². The van der Waals surface area contributed by atoms with Crippen molar-refractivity contribution in [3.63, 3.8) is 0 Å². The Kier molecular flexibility index (Phi) is 4.75. The van der Waals surface area contributed by atoms with Gasteiger partial charge in [0.15, 0.2) is 5.79 Å². The molecule has 18 heavy (non-hydrogen) atoms. The fraction of sp³-hybridized carbons (Fsp3) is 0.600. The molecule has 1 N–H and O–H groups in total. The van der Waals surface area contributed by atoms with E-state index in [4.69, 9.17) is 14.6 Å². The van der Waals surface area contributed by atoms with Crippen molar-refractivity contribution in [3.05, 3.63) is 35.9 Å². The fourth-order valence-corrected chi connectivity index (χ4v) is 2.42. The van der Waals surface area contributed by atoms with E-state index in [1.54, 1.807) is 0 Å². The maximum absolute atomic E-state index is 8.79. The number of aliphatic hydroxyl groups is 1. The molecule has 1 aromatic carbocycles. The minimum absolute atomic E-state index is 0.150. The number of aliphatic hydroxyl groups excluding tert-OH is 1. The van der Waals surface area contributed by atoms with Gasteiger partial charge >= 0.3 is 0 Å². The fourth-order valence-electron chi connectivity index (χ4n) is 2.42. The predicted octanol–water partition coefficient (Wildman–Crippen LogP) is 2.83. The Bertz CT molecular complexity index is 352. The molecule has 0 bridgehead atoms. The third-order valence-corrected chi connectivity index (χ3v) is 3.47. The van der Waals surface area contributed by atoms with Crippen LogP contribution in [0, 0.1) is 0 Å². The van der Waals surface area contributed by atoms with Crippen LogP contribution in [0.4, 0.5) is 0 Å². The first kappa shape index (κ1) is 13.5. The molecular formula is C15H22O3. The Labute approximate surface area is 109 Å². The summed E-state index contributed by atoms with van der Waals surface area (Å²) in [7, 11) is 0. The first-order valence-corrected chi connectivity index (χ1v) is 6.79. The van der Waals surface area contributed by atoms with Crippen LogP contribution in [0.15, 0.2) is 30.3 Å². The lowest BCUT2D eigenvalue weighted by Crippen LogP contribution is -2.27. The van der Waals surface area contributed by atoms with E-state index in [2.05, 4.69) is 19.1 Å². The summed E-state index contributed by atoms with van der Waals surface area (Å²) in [4.78, 5) is 0. The van der Waals surface area contributed by atoms with Gasteiger partial charge in [0.25, 0.3) is 0 Å². The Morgan fingerprint density at radius 3 is 2.72 bits per heavy atom. The van der Waals surface area contributed by atoms with Crippen LogP contribution in [-0.2, 0) is 15.3 Å². The first-order chi connectivity index (χ1) is 8.80. The molecule has 100 valence electrons. The molecule has 3 heteroatoms. The highest BCUT2D eigenvalue weighted by molar-refractivity contribution is 5.21. The highest BCUT2D eigenvalue weighted by Gasteiger charge is 2.41. The Balaban J connectivity index is 1.99. The maximum Gasteiger partial charge on any atom is 0.195 e. The number of hydrogen-bond acceptors (Lipinski definition) is 3. The van der Waals surface area contributed by atoms with E-state index < -0.39 is 5.79 Å². The number of unbranched alkanes of at least 4 members (excludes halogenated alkanes) is 1. The summed E-state index contributed by atoms with van der Waals surface area (Å²) in [6.07, 6.45) is 3.74. The second-order valence-corrected chi connectivity index (χ2v) is 4.74. The van der Waals surface area contributed by atoms with Crippen molar-refractivity contribution in [2.75, 3.05) is 13.2 Å². The molecule has 2 atom stereocenters. The SMILES string of the molecule is CC[C@]1(c2ccccc2)OC[C@H](CCCCO)O1. The molecule has 3 nitrogen and oxygen atoms in total. The number of ether oxygens (including phenoxy) is 2. The molecule has 0 aromatic heterocycles. The van der Waals surface area contributed by atoms with Gasteiger partial charge in [-0.15, -0.1) is 0 Å². The lowest BCUT2D eigenvalue weighted by atomic mass is 10.0. The average molecular weight is 250 g/mol. The first-order valence-electron chi connectivity index (χ1n) is 6.79. The van der Waals surface area contributed by atoms with Crippen LogP contribution in [0.2, 0.25) is 0 Å². The van der Waals surface area contributed by atoms with Crippen molar-refractivity contribution in [2.45, 2.75) is 44.5 Å². The molecule has 0 radical (unpaired) electrons. The van der Waals surface area contributed by atoms with Crippen LogP contribution in [0.3, 0.4) is 0 Å². The zero-order valence-corrected chi connectivity index (χ0v) is 11.0. The minimum atomic E-state index is -0.564. The van der Waals surface area contributed by atoms with Crippen LogP contribution in [0.25, 0.3) is 0 Å². The zero-order chi connectivity index (χ0) is 12.8. The average Bonchev–Trinajstić information content (AvgIpc) is 2.85. The highest BCUT2D eigenvalue weighted by Crippen LogP contribution is 2.38. The van der Waals surface area contributed by atoms with E-state index >= 15 is 0 Å². The van der Waals surface area contributed by atoms with Gasteiger partial charge in [0.1, 0.15) is 0 Å². The zero-order valence-electron chi connectivity index (χ0n) is 11.0. The van der Waals surface area contributed by atoms with Gasteiger partial charge in [-0.25, -0.2) is 0 Å². The highest BCUT2D eigenvalue weighted by atomic mass is 16.7. The summed E-state index contributed by atoms with van der Waals surface area (Å²) in [6, 6.07) is 10.1. The Morgan fingerprint density at radius 2 is 2.06 bits per heavy atom. The largest absolute Gasteiger partial charge is 0.396 e. The molecule has 2 rings (SSSR count). The monoisotopic (exact) mass is 250 g/mol. The van der Waals surface area contributed by atoms with E-state index in [0.29, 0.717) is 6.61 Å². The van der Waals surface area contributed by atoms with Crippen molar-refractivity contribution >= 4 is 0 Å². The molecule has 1 aromatic rings. The van der Waals surface area contributed by atoms with E-state index in [1.165, 1.54) is 0 Å². The molecular weight excluding hydrogens is 228 g/mol. The van der Waals surface area contributed by atoms with Crippen LogP contribution in [0.1, 0.15) is 38.2 Å². The van der Waals surface area contributed by atoms with Crippen molar-refractivity contribution < 1.29 is 14.6 Å². The molecule has 0 unspecified atom stereocenters.